The summed E-state index contributed by atoms with van der Waals surface area (Å²) in [6.45, 7) is 0.949. The van der Waals surface area contributed by atoms with Crippen LogP contribution >= 0.6 is 11.3 Å². The van der Waals surface area contributed by atoms with E-state index in [1.165, 1.54) is 23.7 Å². The summed E-state index contributed by atoms with van der Waals surface area (Å²) in [4.78, 5) is 17.3. The van der Waals surface area contributed by atoms with Crippen molar-refractivity contribution in [3.63, 3.8) is 0 Å². The highest BCUT2D eigenvalue weighted by Gasteiger charge is 2.12. The fraction of sp³-hybridized carbons (Fsp3) is 0.200. The molecule has 0 atom stereocenters. The first-order chi connectivity index (χ1) is 13.4. The van der Waals surface area contributed by atoms with E-state index in [1.54, 1.807) is 31.4 Å². The topological polar surface area (TPSA) is 77.7 Å². The number of rotatable bonds is 6. The molecule has 0 aliphatic rings. The van der Waals surface area contributed by atoms with Crippen molar-refractivity contribution in [2.24, 2.45) is 4.99 Å². The summed E-state index contributed by atoms with van der Waals surface area (Å²) in [5.41, 5.74) is 1.72. The molecule has 0 bridgehead atoms. The molecule has 1 heterocycles. The minimum Gasteiger partial charge on any atom is -0.383 e. The van der Waals surface area contributed by atoms with E-state index in [0.29, 0.717) is 18.0 Å². The zero-order valence-corrected chi connectivity index (χ0v) is 17.2. The van der Waals surface area contributed by atoms with Crippen molar-refractivity contribution < 1.29 is 17.9 Å². The van der Waals surface area contributed by atoms with Crippen LogP contribution in [0.4, 0.5) is 0 Å². The third-order valence-electron chi connectivity index (χ3n) is 4.03. The quantitative estimate of drug-likeness (QED) is 0.579. The monoisotopic (exact) mass is 416 g/mol. The number of nitrogens with zero attached hydrogens (tertiary/aromatic N) is 2. The average molecular weight is 417 g/mol. The Kier molecular flexibility index (Phi) is 6.23. The third-order valence-corrected chi connectivity index (χ3v) is 6.18. The van der Waals surface area contributed by atoms with Crippen LogP contribution in [0, 0.1) is 0 Å². The van der Waals surface area contributed by atoms with Gasteiger partial charge in [-0.2, -0.15) is 4.99 Å². The van der Waals surface area contributed by atoms with Gasteiger partial charge in [-0.15, -0.1) is 0 Å². The molecule has 146 valence electrons. The molecule has 3 aromatic rings. The Morgan fingerprint density at radius 2 is 1.96 bits per heavy atom. The van der Waals surface area contributed by atoms with Crippen molar-refractivity contribution in [3.8, 4) is 0 Å². The van der Waals surface area contributed by atoms with Gasteiger partial charge in [0.2, 0.25) is 0 Å². The largest absolute Gasteiger partial charge is 0.383 e. The number of amides is 1. The summed E-state index contributed by atoms with van der Waals surface area (Å²) in [5.74, 6) is -0.384. The average Bonchev–Trinajstić information content (AvgIpc) is 3.01. The number of carbonyl (C=O) groups excluding carboxylic acids is 1. The number of fused-ring (bicyclic) bond motifs is 1. The Morgan fingerprint density at radius 3 is 2.64 bits per heavy atom. The smallest absolute Gasteiger partial charge is 0.272 e. The van der Waals surface area contributed by atoms with E-state index in [-0.39, 0.29) is 10.8 Å². The van der Waals surface area contributed by atoms with Crippen LogP contribution < -0.4 is 4.80 Å². The summed E-state index contributed by atoms with van der Waals surface area (Å²) in [6.07, 6.45) is 4.30. The molecule has 0 aliphatic carbocycles. The minimum atomic E-state index is -3.31. The first-order valence-corrected chi connectivity index (χ1v) is 11.2. The summed E-state index contributed by atoms with van der Waals surface area (Å²) in [5, 5.41) is 0. The molecule has 1 aromatic heterocycles. The summed E-state index contributed by atoms with van der Waals surface area (Å²) in [6, 6.07) is 14.4. The van der Waals surface area contributed by atoms with Gasteiger partial charge in [0.25, 0.3) is 5.91 Å². The standard InChI is InChI=1S/C20H20N2O4S2/c1-26-13-12-22-17-10-9-16(28(2,24)25)14-18(17)27-20(22)21-19(23)11-8-15-6-4-3-5-7-15/h3-11,14H,12-13H2,1-2H3/b11-8+,21-20?. The number of ether oxygens (including phenoxy) is 1. The first kappa shape index (κ1) is 20.2. The van der Waals surface area contributed by atoms with Gasteiger partial charge in [-0.3, -0.25) is 4.79 Å². The maximum Gasteiger partial charge on any atom is 0.272 e. The van der Waals surface area contributed by atoms with E-state index >= 15 is 0 Å². The molecule has 6 nitrogen and oxygen atoms in total. The van der Waals surface area contributed by atoms with Gasteiger partial charge in [0.15, 0.2) is 14.6 Å². The van der Waals surface area contributed by atoms with E-state index in [0.717, 1.165) is 15.8 Å². The Bertz CT molecular complexity index is 1190. The Labute approximate surface area is 167 Å². The Hall–Kier alpha value is -2.55. The predicted octanol–water partition coefficient (Wildman–Crippen LogP) is 2.89. The highest BCUT2D eigenvalue weighted by molar-refractivity contribution is 7.90. The highest BCUT2D eigenvalue weighted by Crippen LogP contribution is 2.22. The molecule has 0 radical (unpaired) electrons. The van der Waals surface area contributed by atoms with Crippen molar-refractivity contribution in [2.75, 3.05) is 20.0 Å². The molecule has 2 aromatic carbocycles. The second-order valence-corrected chi connectivity index (χ2v) is 9.15. The lowest BCUT2D eigenvalue weighted by atomic mass is 10.2. The molecule has 0 saturated heterocycles. The number of benzene rings is 2. The summed E-state index contributed by atoms with van der Waals surface area (Å²) in [7, 11) is -1.71. The predicted molar refractivity (Wildman–Crippen MR) is 111 cm³/mol. The van der Waals surface area contributed by atoms with Crippen molar-refractivity contribution in [3.05, 3.63) is 65.0 Å². The third kappa shape index (κ3) is 4.83. The van der Waals surface area contributed by atoms with Crippen LogP contribution in [0.25, 0.3) is 16.3 Å². The van der Waals surface area contributed by atoms with Crippen molar-refractivity contribution in [2.45, 2.75) is 11.4 Å². The zero-order valence-electron chi connectivity index (χ0n) is 15.5. The normalized spacial score (nSPS) is 12.9. The lowest BCUT2D eigenvalue weighted by Crippen LogP contribution is -2.18. The van der Waals surface area contributed by atoms with E-state index in [9.17, 15) is 13.2 Å². The Morgan fingerprint density at radius 1 is 1.21 bits per heavy atom. The van der Waals surface area contributed by atoms with Gasteiger partial charge >= 0.3 is 0 Å². The number of hydrogen-bond donors (Lipinski definition) is 0. The van der Waals surface area contributed by atoms with Crippen LogP contribution in [0.2, 0.25) is 0 Å². The van der Waals surface area contributed by atoms with Crippen LogP contribution in [-0.2, 0) is 25.9 Å². The lowest BCUT2D eigenvalue weighted by molar-refractivity contribution is -0.113. The maximum absolute atomic E-state index is 12.3. The minimum absolute atomic E-state index is 0.238. The molecule has 0 fully saturated rings. The number of thiazole rings is 1. The molecule has 0 aliphatic heterocycles. The van der Waals surface area contributed by atoms with Crippen LogP contribution in [0.15, 0.2) is 64.5 Å². The summed E-state index contributed by atoms with van der Waals surface area (Å²) < 4.78 is 31.4. The highest BCUT2D eigenvalue weighted by atomic mass is 32.2. The van der Waals surface area contributed by atoms with Crippen molar-refractivity contribution >= 4 is 43.4 Å². The van der Waals surface area contributed by atoms with Gasteiger partial charge < -0.3 is 9.30 Å². The lowest BCUT2D eigenvalue weighted by Gasteiger charge is -2.04. The summed E-state index contributed by atoms with van der Waals surface area (Å²) >= 11 is 1.28. The fourth-order valence-electron chi connectivity index (χ4n) is 2.63. The van der Waals surface area contributed by atoms with E-state index in [4.69, 9.17) is 4.74 Å². The number of methoxy groups -OCH3 is 1. The first-order valence-electron chi connectivity index (χ1n) is 8.53. The van der Waals surface area contributed by atoms with Crippen LogP contribution in [0.5, 0.6) is 0 Å². The van der Waals surface area contributed by atoms with Crippen LogP contribution in [-0.4, -0.2) is 38.9 Å². The molecular weight excluding hydrogens is 396 g/mol. The van der Waals surface area contributed by atoms with Crippen LogP contribution in [0.3, 0.4) is 0 Å². The van der Waals surface area contributed by atoms with Gasteiger partial charge in [0.1, 0.15) is 0 Å². The molecular formula is C20H20N2O4S2. The van der Waals surface area contributed by atoms with Gasteiger partial charge in [-0.05, 0) is 29.8 Å². The SMILES string of the molecule is COCCn1c(=NC(=O)/C=C/c2ccccc2)sc2cc(S(C)(=O)=O)ccc21. The number of carbonyl (C=O) groups is 1. The molecule has 0 spiro atoms. The van der Waals surface area contributed by atoms with Crippen molar-refractivity contribution in [1.29, 1.82) is 0 Å². The second-order valence-electron chi connectivity index (χ2n) is 6.12. The number of sulfone groups is 1. The molecule has 0 unspecified atom stereocenters. The fourth-order valence-corrected chi connectivity index (χ4v) is 4.45. The van der Waals surface area contributed by atoms with E-state index in [2.05, 4.69) is 4.99 Å². The zero-order chi connectivity index (χ0) is 20.1. The van der Waals surface area contributed by atoms with Gasteiger partial charge in [0.05, 0.1) is 21.7 Å². The molecule has 0 N–H and O–H groups in total. The van der Waals surface area contributed by atoms with Gasteiger partial charge in [0, 0.05) is 26.0 Å². The Balaban J connectivity index is 2.03. The molecule has 3 rings (SSSR count). The number of aromatic nitrogens is 1. The molecule has 8 heteroatoms. The van der Waals surface area contributed by atoms with Gasteiger partial charge in [-0.1, -0.05) is 41.7 Å². The molecule has 1 amide bonds. The van der Waals surface area contributed by atoms with E-state index in [1.807, 2.05) is 34.9 Å². The van der Waals surface area contributed by atoms with E-state index < -0.39 is 9.84 Å². The van der Waals surface area contributed by atoms with Crippen LogP contribution in [0.1, 0.15) is 5.56 Å². The molecule has 0 saturated carbocycles. The molecule has 28 heavy (non-hydrogen) atoms. The van der Waals surface area contributed by atoms with Gasteiger partial charge in [-0.25, -0.2) is 8.42 Å². The second kappa shape index (κ2) is 8.64. The van der Waals surface area contributed by atoms with Crippen molar-refractivity contribution in [1.82, 2.24) is 4.57 Å². The maximum atomic E-state index is 12.3. The number of hydrogen-bond acceptors (Lipinski definition) is 5.